The SMILES string of the molecule is CCCN(CCN(C)C)Cc1cccc(C(=O)O)c1F. The third kappa shape index (κ3) is 4.90. The molecule has 0 aliphatic carbocycles. The number of halogens is 1. The average Bonchev–Trinajstić information content (AvgIpc) is 2.38. The first kappa shape index (κ1) is 16.6. The van der Waals surface area contributed by atoms with Crippen LogP contribution in [0.15, 0.2) is 18.2 Å². The van der Waals surface area contributed by atoms with E-state index >= 15 is 0 Å². The molecule has 0 radical (unpaired) electrons. The Bertz CT molecular complexity index is 449. The number of carbonyl (C=O) groups is 1. The zero-order valence-corrected chi connectivity index (χ0v) is 12.4. The molecule has 5 heteroatoms. The summed E-state index contributed by atoms with van der Waals surface area (Å²) in [7, 11) is 3.99. The monoisotopic (exact) mass is 282 g/mol. The summed E-state index contributed by atoms with van der Waals surface area (Å²) in [5, 5.41) is 8.94. The van der Waals surface area contributed by atoms with Crippen molar-refractivity contribution in [2.45, 2.75) is 19.9 Å². The summed E-state index contributed by atoms with van der Waals surface area (Å²) in [6.07, 6.45) is 0.980. The summed E-state index contributed by atoms with van der Waals surface area (Å²) in [6.45, 7) is 5.10. The molecule has 112 valence electrons. The Hall–Kier alpha value is -1.46. The van der Waals surface area contributed by atoms with E-state index in [9.17, 15) is 9.18 Å². The minimum Gasteiger partial charge on any atom is -0.478 e. The van der Waals surface area contributed by atoms with Gasteiger partial charge in [-0.15, -0.1) is 0 Å². The van der Waals surface area contributed by atoms with Crippen LogP contribution in [-0.2, 0) is 6.54 Å². The van der Waals surface area contributed by atoms with E-state index in [1.165, 1.54) is 6.07 Å². The molecule has 0 spiro atoms. The molecule has 4 nitrogen and oxygen atoms in total. The Balaban J connectivity index is 2.82. The highest BCUT2D eigenvalue weighted by atomic mass is 19.1. The van der Waals surface area contributed by atoms with Gasteiger partial charge in [-0.1, -0.05) is 19.1 Å². The summed E-state index contributed by atoms with van der Waals surface area (Å²) in [4.78, 5) is 15.2. The van der Waals surface area contributed by atoms with Crippen molar-refractivity contribution in [1.82, 2.24) is 9.80 Å². The summed E-state index contributed by atoms with van der Waals surface area (Å²) in [5.41, 5.74) is 0.184. The van der Waals surface area contributed by atoms with Crippen molar-refractivity contribution in [3.8, 4) is 0 Å². The van der Waals surface area contributed by atoms with Crippen LogP contribution in [0.25, 0.3) is 0 Å². The lowest BCUT2D eigenvalue weighted by molar-refractivity contribution is 0.0691. The maximum Gasteiger partial charge on any atom is 0.338 e. The minimum atomic E-state index is -1.22. The number of rotatable bonds is 8. The molecule has 1 aromatic carbocycles. The molecule has 20 heavy (non-hydrogen) atoms. The van der Waals surface area contributed by atoms with E-state index in [4.69, 9.17) is 5.11 Å². The van der Waals surface area contributed by atoms with Gasteiger partial charge in [0.15, 0.2) is 0 Å². The molecule has 0 aliphatic rings. The predicted molar refractivity (Wildman–Crippen MR) is 77.5 cm³/mol. The summed E-state index contributed by atoms with van der Waals surface area (Å²) < 4.78 is 14.1. The highest BCUT2D eigenvalue weighted by Gasteiger charge is 2.15. The molecule has 0 fully saturated rings. The highest BCUT2D eigenvalue weighted by molar-refractivity contribution is 5.88. The quantitative estimate of drug-likeness (QED) is 0.794. The fourth-order valence-corrected chi connectivity index (χ4v) is 2.04. The number of likely N-dealkylation sites (N-methyl/N-ethyl adjacent to an activating group) is 1. The number of hydrogen-bond donors (Lipinski definition) is 1. The molecule has 0 aromatic heterocycles. The van der Waals surface area contributed by atoms with Crippen LogP contribution >= 0.6 is 0 Å². The smallest absolute Gasteiger partial charge is 0.338 e. The first-order valence-corrected chi connectivity index (χ1v) is 6.83. The molecule has 0 saturated carbocycles. The summed E-state index contributed by atoms with van der Waals surface area (Å²) in [6, 6.07) is 4.54. The molecule has 1 N–H and O–H groups in total. The first-order valence-electron chi connectivity index (χ1n) is 6.83. The van der Waals surface area contributed by atoms with Crippen LogP contribution in [0.4, 0.5) is 4.39 Å². The molecule has 0 saturated heterocycles. The number of carboxylic acids is 1. The van der Waals surface area contributed by atoms with Gasteiger partial charge >= 0.3 is 5.97 Å². The van der Waals surface area contributed by atoms with Crippen molar-refractivity contribution in [3.63, 3.8) is 0 Å². The van der Waals surface area contributed by atoms with Gasteiger partial charge in [-0.25, -0.2) is 9.18 Å². The Labute approximate surface area is 119 Å². The van der Waals surface area contributed by atoms with Crippen LogP contribution in [-0.4, -0.2) is 54.6 Å². The maximum absolute atomic E-state index is 14.1. The number of hydrogen-bond acceptors (Lipinski definition) is 3. The molecular weight excluding hydrogens is 259 g/mol. The van der Waals surface area contributed by atoms with Crippen LogP contribution in [0.1, 0.15) is 29.3 Å². The zero-order valence-electron chi connectivity index (χ0n) is 12.4. The second-order valence-electron chi connectivity index (χ2n) is 5.16. The van der Waals surface area contributed by atoms with Crippen LogP contribution in [0.3, 0.4) is 0 Å². The largest absolute Gasteiger partial charge is 0.478 e. The topological polar surface area (TPSA) is 43.8 Å². The van der Waals surface area contributed by atoms with Crippen LogP contribution < -0.4 is 0 Å². The summed E-state index contributed by atoms with van der Waals surface area (Å²) >= 11 is 0. The van der Waals surface area contributed by atoms with E-state index in [2.05, 4.69) is 16.7 Å². The van der Waals surface area contributed by atoms with Gasteiger partial charge in [0.05, 0.1) is 5.56 Å². The zero-order chi connectivity index (χ0) is 15.1. The van der Waals surface area contributed by atoms with Gasteiger partial charge < -0.3 is 10.0 Å². The fourth-order valence-electron chi connectivity index (χ4n) is 2.04. The molecule has 1 rings (SSSR count). The Morgan fingerprint density at radius 1 is 1.25 bits per heavy atom. The van der Waals surface area contributed by atoms with Crippen molar-refractivity contribution in [3.05, 3.63) is 35.1 Å². The average molecular weight is 282 g/mol. The van der Waals surface area contributed by atoms with E-state index in [1.54, 1.807) is 12.1 Å². The van der Waals surface area contributed by atoms with E-state index in [0.29, 0.717) is 12.1 Å². The molecule has 0 bridgehead atoms. The molecule has 0 atom stereocenters. The van der Waals surface area contributed by atoms with Gasteiger partial charge in [0.25, 0.3) is 0 Å². The van der Waals surface area contributed by atoms with Crippen LogP contribution in [0.5, 0.6) is 0 Å². The van der Waals surface area contributed by atoms with E-state index in [1.807, 2.05) is 14.1 Å². The lowest BCUT2D eigenvalue weighted by atomic mass is 10.1. The Morgan fingerprint density at radius 2 is 1.95 bits per heavy atom. The Morgan fingerprint density at radius 3 is 2.50 bits per heavy atom. The summed E-state index contributed by atoms with van der Waals surface area (Å²) in [5.74, 6) is -1.84. The molecule has 1 aromatic rings. The molecule has 0 amide bonds. The van der Waals surface area contributed by atoms with Gasteiger partial charge in [0, 0.05) is 25.2 Å². The van der Waals surface area contributed by atoms with Crippen molar-refractivity contribution in [1.29, 1.82) is 0 Å². The van der Waals surface area contributed by atoms with E-state index in [0.717, 1.165) is 26.1 Å². The van der Waals surface area contributed by atoms with Gasteiger partial charge in [-0.3, -0.25) is 4.90 Å². The predicted octanol–water partition coefficient (Wildman–Crippen LogP) is 2.30. The normalized spacial score (nSPS) is 11.3. The van der Waals surface area contributed by atoms with Gasteiger partial charge in [0.1, 0.15) is 5.82 Å². The molecule has 0 aliphatic heterocycles. The Kier molecular flexibility index (Phi) is 6.61. The van der Waals surface area contributed by atoms with Crippen LogP contribution in [0.2, 0.25) is 0 Å². The lowest BCUT2D eigenvalue weighted by Gasteiger charge is -2.24. The second-order valence-corrected chi connectivity index (χ2v) is 5.16. The van der Waals surface area contributed by atoms with E-state index in [-0.39, 0.29) is 5.56 Å². The number of carboxylic acid groups (broad SMARTS) is 1. The van der Waals surface area contributed by atoms with Crippen molar-refractivity contribution >= 4 is 5.97 Å². The molecular formula is C15H23FN2O2. The maximum atomic E-state index is 14.1. The minimum absolute atomic E-state index is 0.258. The second kappa shape index (κ2) is 7.97. The first-order chi connectivity index (χ1) is 9.45. The van der Waals surface area contributed by atoms with Gasteiger partial charge in [-0.2, -0.15) is 0 Å². The molecule has 0 heterocycles. The lowest BCUT2D eigenvalue weighted by Crippen LogP contribution is -2.32. The third-order valence-corrected chi connectivity index (χ3v) is 3.11. The number of benzene rings is 1. The third-order valence-electron chi connectivity index (χ3n) is 3.11. The van der Waals surface area contributed by atoms with Crippen molar-refractivity contribution in [2.24, 2.45) is 0 Å². The molecule has 0 unspecified atom stereocenters. The van der Waals surface area contributed by atoms with Gasteiger partial charge in [-0.05, 0) is 33.1 Å². The number of aromatic carboxylic acids is 1. The van der Waals surface area contributed by atoms with Crippen molar-refractivity contribution < 1.29 is 14.3 Å². The highest BCUT2D eigenvalue weighted by Crippen LogP contribution is 2.15. The number of nitrogens with zero attached hydrogens (tertiary/aromatic N) is 2. The van der Waals surface area contributed by atoms with Crippen molar-refractivity contribution in [2.75, 3.05) is 33.7 Å². The van der Waals surface area contributed by atoms with Gasteiger partial charge in [0.2, 0.25) is 0 Å². The van der Waals surface area contributed by atoms with E-state index < -0.39 is 11.8 Å². The fraction of sp³-hybridized carbons (Fsp3) is 0.533. The van der Waals surface area contributed by atoms with Crippen LogP contribution in [0, 0.1) is 5.82 Å². The standard InChI is InChI=1S/C15H23FN2O2/c1-4-8-18(10-9-17(2)3)11-12-6-5-7-13(14(12)16)15(19)20/h5-7H,4,8-11H2,1-3H3,(H,19,20).